The molecular weight excluding hydrogens is 218 g/mol. The summed E-state index contributed by atoms with van der Waals surface area (Å²) in [6, 6.07) is 5.34. The van der Waals surface area contributed by atoms with Gasteiger partial charge in [-0.3, -0.25) is 9.89 Å². The van der Waals surface area contributed by atoms with E-state index < -0.39 is 0 Å². The predicted molar refractivity (Wildman–Crippen MR) is 64.3 cm³/mol. The summed E-state index contributed by atoms with van der Waals surface area (Å²) in [5.74, 6) is 0.919. The Kier molecular flexibility index (Phi) is 3.40. The number of H-pyrrole nitrogens is 1. The van der Waals surface area contributed by atoms with Gasteiger partial charge in [0, 0.05) is 17.8 Å². The lowest BCUT2D eigenvalue weighted by molar-refractivity contribution is -0.111. The molecule has 2 aromatic heterocycles. The van der Waals surface area contributed by atoms with Gasteiger partial charge in [-0.05, 0) is 24.6 Å². The summed E-state index contributed by atoms with van der Waals surface area (Å²) in [5.41, 5.74) is 0.982. The minimum absolute atomic E-state index is 0.240. The Labute approximate surface area is 98.5 Å². The van der Waals surface area contributed by atoms with Crippen molar-refractivity contribution in [3.05, 3.63) is 42.0 Å². The third kappa shape index (κ3) is 3.07. The van der Waals surface area contributed by atoms with Gasteiger partial charge in [0.2, 0.25) is 5.91 Å². The van der Waals surface area contributed by atoms with Crippen LogP contribution in [0.25, 0.3) is 6.08 Å². The fourth-order valence-corrected chi connectivity index (χ4v) is 1.32. The molecule has 0 spiro atoms. The zero-order valence-electron chi connectivity index (χ0n) is 9.43. The second kappa shape index (κ2) is 5.16. The zero-order valence-corrected chi connectivity index (χ0v) is 9.43. The Hall–Kier alpha value is -2.30. The topological polar surface area (TPSA) is 70.9 Å². The number of hydrogen-bond acceptors (Lipinski definition) is 3. The van der Waals surface area contributed by atoms with E-state index in [-0.39, 0.29) is 5.91 Å². The van der Waals surface area contributed by atoms with Crippen LogP contribution < -0.4 is 5.32 Å². The molecular formula is C12H13N3O2. The molecule has 0 radical (unpaired) electrons. The van der Waals surface area contributed by atoms with Crippen molar-refractivity contribution in [2.75, 3.05) is 5.32 Å². The Balaban J connectivity index is 1.93. The van der Waals surface area contributed by atoms with Gasteiger partial charge >= 0.3 is 0 Å². The van der Waals surface area contributed by atoms with Crippen molar-refractivity contribution in [1.29, 1.82) is 0 Å². The van der Waals surface area contributed by atoms with Gasteiger partial charge in [-0.1, -0.05) is 6.92 Å². The van der Waals surface area contributed by atoms with Crippen molar-refractivity contribution in [3.63, 3.8) is 0 Å². The summed E-state index contributed by atoms with van der Waals surface area (Å²) >= 11 is 0. The molecule has 5 heteroatoms. The highest BCUT2D eigenvalue weighted by molar-refractivity contribution is 6.01. The Morgan fingerprint density at radius 1 is 1.65 bits per heavy atom. The van der Waals surface area contributed by atoms with Gasteiger partial charge in [-0.25, -0.2) is 0 Å². The second-order valence-corrected chi connectivity index (χ2v) is 3.47. The molecule has 0 aliphatic rings. The van der Waals surface area contributed by atoms with E-state index >= 15 is 0 Å². The average molecular weight is 231 g/mol. The van der Waals surface area contributed by atoms with E-state index in [4.69, 9.17) is 4.42 Å². The first-order valence-electron chi connectivity index (χ1n) is 5.35. The molecule has 0 aliphatic carbocycles. The SMILES string of the molecule is CCc1cc(NC(=O)/C=C/c2ccco2)n[nH]1. The van der Waals surface area contributed by atoms with Crippen LogP contribution in [-0.2, 0) is 11.2 Å². The van der Waals surface area contributed by atoms with E-state index in [1.165, 1.54) is 6.08 Å². The molecule has 0 aliphatic heterocycles. The molecule has 17 heavy (non-hydrogen) atoms. The van der Waals surface area contributed by atoms with Crippen molar-refractivity contribution in [2.45, 2.75) is 13.3 Å². The maximum atomic E-state index is 11.5. The van der Waals surface area contributed by atoms with Crippen LogP contribution in [0.2, 0.25) is 0 Å². The molecule has 0 saturated carbocycles. The van der Waals surface area contributed by atoms with Gasteiger partial charge in [-0.2, -0.15) is 5.10 Å². The van der Waals surface area contributed by atoms with E-state index in [1.807, 2.05) is 6.92 Å². The van der Waals surface area contributed by atoms with Crippen LogP contribution in [0.3, 0.4) is 0 Å². The number of aryl methyl sites for hydroxylation is 1. The van der Waals surface area contributed by atoms with Crippen LogP contribution in [0.4, 0.5) is 5.82 Å². The summed E-state index contributed by atoms with van der Waals surface area (Å²) in [4.78, 5) is 11.5. The number of aromatic amines is 1. The van der Waals surface area contributed by atoms with Crippen LogP contribution in [0.15, 0.2) is 35.0 Å². The first kappa shape index (κ1) is 11.2. The summed E-state index contributed by atoms with van der Waals surface area (Å²) in [7, 11) is 0. The fraction of sp³-hybridized carbons (Fsp3) is 0.167. The number of rotatable bonds is 4. The molecule has 0 aromatic carbocycles. The highest BCUT2D eigenvalue weighted by Crippen LogP contribution is 2.06. The predicted octanol–water partition coefficient (Wildman–Crippen LogP) is 2.22. The first-order valence-corrected chi connectivity index (χ1v) is 5.35. The van der Waals surface area contributed by atoms with E-state index in [1.54, 1.807) is 30.5 Å². The fourth-order valence-electron chi connectivity index (χ4n) is 1.32. The molecule has 0 bridgehead atoms. The number of anilines is 1. The second-order valence-electron chi connectivity index (χ2n) is 3.47. The molecule has 0 atom stereocenters. The highest BCUT2D eigenvalue weighted by Gasteiger charge is 2.02. The highest BCUT2D eigenvalue weighted by atomic mass is 16.3. The average Bonchev–Trinajstić information content (AvgIpc) is 2.97. The first-order chi connectivity index (χ1) is 8.28. The molecule has 0 fully saturated rings. The largest absolute Gasteiger partial charge is 0.465 e. The lowest BCUT2D eigenvalue weighted by Gasteiger charge is -1.94. The lowest BCUT2D eigenvalue weighted by Crippen LogP contribution is -2.07. The minimum Gasteiger partial charge on any atom is -0.465 e. The maximum absolute atomic E-state index is 11.5. The molecule has 2 heterocycles. The molecule has 2 N–H and O–H groups in total. The van der Waals surface area contributed by atoms with Gasteiger partial charge in [0.1, 0.15) is 5.76 Å². The van der Waals surface area contributed by atoms with Gasteiger partial charge in [0.25, 0.3) is 0 Å². The van der Waals surface area contributed by atoms with Crippen LogP contribution in [0, 0.1) is 0 Å². The summed E-state index contributed by atoms with van der Waals surface area (Å²) in [5, 5.41) is 9.43. The number of nitrogens with one attached hydrogen (secondary N) is 2. The van der Waals surface area contributed by atoms with Crippen LogP contribution in [0.1, 0.15) is 18.4 Å². The van der Waals surface area contributed by atoms with Crippen molar-refractivity contribution in [3.8, 4) is 0 Å². The zero-order chi connectivity index (χ0) is 12.1. The molecule has 88 valence electrons. The summed E-state index contributed by atoms with van der Waals surface area (Å²) in [6.45, 7) is 2.01. The van der Waals surface area contributed by atoms with Crippen LogP contribution in [0.5, 0.6) is 0 Å². The number of carbonyl (C=O) groups is 1. The van der Waals surface area contributed by atoms with Gasteiger partial charge in [0.15, 0.2) is 5.82 Å². The third-order valence-electron chi connectivity index (χ3n) is 2.21. The molecule has 2 aromatic rings. The summed E-state index contributed by atoms with van der Waals surface area (Å²) < 4.78 is 5.07. The number of nitrogens with zero attached hydrogens (tertiary/aromatic N) is 1. The van der Waals surface area contributed by atoms with Crippen molar-refractivity contribution < 1.29 is 9.21 Å². The Morgan fingerprint density at radius 3 is 3.18 bits per heavy atom. The van der Waals surface area contributed by atoms with E-state index in [0.29, 0.717) is 11.6 Å². The van der Waals surface area contributed by atoms with Gasteiger partial charge < -0.3 is 9.73 Å². The Bertz CT molecular complexity index is 512. The van der Waals surface area contributed by atoms with Crippen LogP contribution >= 0.6 is 0 Å². The maximum Gasteiger partial charge on any atom is 0.249 e. The third-order valence-corrected chi connectivity index (χ3v) is 2.21. The number of furan rings is 1. The molecule has 5 nitrogen and oxygen atoms in total. The van der Waals surface area contributed by atoms with E-state index in [9.17, 15) is 4.79 Å². The van der Waals surface area contributed by atoms with Crippen molar-refractivity contribution in [2.24, 2.45) is 0 Å². The van der Waals surface area contributed by atoms with Gasteiger partial charge in [-0.15, -0.1) is 0 Å². The lowest BCUT2D eigenvalue weighted by atomic mass is 10.3. The van der Waals surface area contributed by atoms with E-state index in [2.05, 4.69) is 15.5 Å². The Morgan fingerprint density at radius 2 is 2.53 bits per heavy atom. The molecule has 0 unspecified atom stereocenters. The van der Waals surface area contributed by atoms with Crippen molar-refractivity contribution >= 4 is 17.8 Å². The van der Waals surface area contributed by atoms with Crippen LogP contribution in [-0.4, -0.2) is 16.1 Å². The number of carbonyl (C=O) groups excluding carboxylic acids is 1. The molecule has 1 amide bonds. The van der Waals surface area contributed by atoms with E-state index in [0.717, 1.165) is 12.1 Å². The van der Waals surface area contributed by atoms with Crippen molar-refractivity contribution in [1.82, 2.24) is 10.2 Å². The number of amides is 1. The smallest absolute Gasteiger partial charge is 0.249 e. The normalized spacial score (nSPS) is 10.9. The number of aromatic nitrogens is 2. The molecule has 2 rings (SSSR count). The molecule has 0 saturated heterocycles. The van der Waals surface area contributed by atoms with Gasteiger partial charge in [0.05, 0.1) is 6.26 Å². The standard InChI is InChI=1S/C12H13N3O2/c1-2-9-8-11(15-14-9)13-12(16)6-5-10-4-3-7-17-10/h3-8H,2H2,1H3,(H2,13,14,15,16)/b6-5+. The monoisotopic (exact) mass is 231 g/mol. The quantitative estimate of drug-likeness (QED) is 0.792. The minimum atomic E-state index is -0.240. The summed E-state index contributed by atoms with van der Waals surface area (Å²) in [6.07, 6.45) is 5.41. The number of hydrogen-bond donors (Lipinski definition) is 2.